The number of aromatic nitrogens is 1. The van der Waals surface area contributed by atoms with Crippen LogP contribution < -0.4 is 4.74 Å². The molecule has 0 atom stereocenters. The van der Waals surface area contributed by atoms with Crippen LogP contribution in [0.1, 0.15) is 31.9 Å². The molecule has 1 saturated heterocycles. The van der Waals surface area contributed by atoms with Gasteiger partial charge >= 0.3 is 0 Å². The molecule has 2 aliphatic heterocycles. The van der Waals surface area contributed by atoms with E-state index in [0.717, 1.165) is 49.6 Å². The van der Waals surface area contributed by atoms with Gasteiger partial charge in [-0.2, -0.15) is 0 Å². The Bertz CT molecular complexity index is 994. The quantitative estimate of drug-likeness (QED) is 0.625. The highest BCUT2D eigenvalue weighted by molar-refractivity contribution is 6.35. The summed E-state index contributed by atoms with van der Waals surface area (Å²) in [7, 11) is 0. The first-order valence-electron chi connectivity index (χ1n) is 11.2. The molecule has 0 N–H and O–H groups in total. The Morgan fingerprint density at radius 3 is 2.31 bits per heavy atom. The molecule has 4 rings (SSSR count). The summed E-state index contributed by atoms with van der Waals surface area (Å²) < 4.78 is 5.75. The summed E-state index contributed by atoms with van der Waals surface area (Å²) in [5.74, 6) is 0.247. The number of rotatable bonds is 7. The summed E-state index contributed by atoms with van der Waals surface area (Å²) >= 11 is 0. The van der Waals surface area contributed by atoms with Crippen LogP contribution in [0, 0.1) is 0 Å². The predicted molar refractivity (Wildman–Crippen MR) is 123 cm³/mol. The number of pyridine rings is 1. The van der Waals surface area contributed by atoms with E-state index in [4.69, 9.17) is 4.74 Å². The van der Waals surface area contributed by atoms with E-state index < -0.39 is 0 Å². The lowest BCUT2D eigenvalue weighted by Gasteiger charge is -2.36. The Hall–Kier alpha value is -3.19. The molecule has 3 heterocycles. The molecule has 32 heavy (non-hydrogen) atoms. The smallest absolute Gasteiger partial charge is 0.278 e. The van der Waals surface area contributed by atoms with Crippen molar-refractivity contribution in [3.05, 3.63) is 65.6 Å². The Labute approximate surface area is 189 Å². The van der Waals surface area contributed by atoms with Crippen molar-refractivity contribution in [1.82, 2.24) is 19.7 Å². The first-order chi connectivity index (χ1) is 15.5. The minimum Gasteiger partial charge on any atom is -0.491 e. The fourth-order valence-electron chi connectivity index (χ4n) is 4.19. The third kappa shape index (κ3) is 4.53. The lowest BCUT2D eigenvalue weighted by atomic mass is 10.0. The molecule has 1 aromatic carbocycles. The summed E-state index contributed by atoms with van der Waals surface area (Å²) in [6.07, 6.45) is 3.44. The van der Waals surface area contributed by atoms with Gasteiger partial charge in [0.1, 0.15) is 11.4 Å². The van der Waals surface area contributed by atoms with Gasteiger partial charge in [-0.25, -0.2) is 0 Å². The van der Waals surface area contributed by atoms with Crippen LogP contribution in [-0.4, -0.2) is 70.3 Å². The Morgan fingerprint density at radius 2 is 1.72 bits per heavy atom. The normalized spacial score (nSPS) is 17.6. The van der Waals surface area contributed by atoms with Crippen molar-refractivity contribution in [2.24, 2.45) is 0 Å². The number of hydrogen-bond donors (Lipinski definition) is 0. The van der Waals surface area contributed by atoms with Crippen molar-refractivity contribution in [2.45, 2.75) is 33.4 Å². The van der Waals surface area contributed by atoms with Crippen molar-refractivity contribution in [3.8, 4) is 5.75 Å². The number of carbonyl (C=O) groups is 2. The third-order valence-corrected chi connectivity index (χ3v) is 5.86. The zero-order valence-electron chi connectivity index (χ0n) is 19.0. The predicted octanol–water partition coefficient (Wildman–Crippen LogP) is 2.79. The molecule has 2 aromatic rings. The van der Waals surface area contributed by atoms with Crippen molar-refractivity contribution < 1.29 is 14.3 Å². The first-order valence-corrected chi connectivity index (χ1v) is 11.2. The molecular weight excluding hydrogens is 404 g/mol. The van der Waals surface area contributed by atoms with E-state index >= 15 is 0 Å². The second kappa shape index (κ2) is 9.53. The van der Waals surface area contributed by atoms with Crippen molar-refractivity contribution in [2.75, 3.05) is 32.7 Å². The molecule has 7 heteroatoms. The number of hydrogen-bond acceptors (Lipinski definition) is 6. The van der Waals surface area contributed by atoms with Gasteiger partial charge in [0.05, 0.1) is 18.2 Å². The molecule has 7 nitrogen and oxygen atoms in total. The number of likely N-dealkylation sites (N-methyl/N-ethyl adjacent to an activating group) is 1. The van der Waals surface area contributed by atoms with E-state index in [1.807, 2.05) is 50.2 Å². The fraction of sp³-hybridized carbons (Fsp3) is 0.400. The van der Waals surface area contributed by atoms with E-state index in [2.05, 4.69) is 21.7 Å². The molecule has 168 valence electrons. The van der Waals surface area contributed by atoms with E-state index in [9.17, 15) is 9.59 Å². The van der Waals surface area contributed by atoms with Crippen LogP contribution in [0.15, 0.2) is 54.5 Å². The van der Waals surface area contributed by atoms with Crippen LogP contribution in [0.25, 0.3) is 5.57 Å². The van der Waals surface area contributed by atoms with Gasteiger partial charge in [0, 0.05) is 38.6 Å². The molecule has 1 fully saturated rings. The van der Waals surface area contributed by atoms with E-state index in [1.165, 1.54) is 4.90 Å². The van der Waals surface area contributed by atoms with Crippen molar-refractivity contribution in [3.63, 3.8) is 0 Å². The average molecular weight is 435 g/mol. The van der Waals surface area contributed by atoms with Gasteiger partial charge in [0.15, 0.2) is 0 Å². The van der Waals surface area contributed by atoms with E-state index in [-0.39, 0.29) is 24.5 Å². The van der Waals surface area contributed by atoms with Gasteiger partial charge in [0.25, 0.3) is 11.8 Å². The van der Waals surface area contributed by atoms with Gasteiger partial charge in [-0.05, 0) is 49.7 Å². The van der Waals surface area contributed by atoms with E-state index in [0.29, 0.717) is 11.3 Å². The second-order valence-electron chi connectivity index (χ2n) is 8.39. The molecule has 1 aromatic heterocycles. The minimum absolute atomic E-state index is 0.0650. The SMILES string of the molecule is CCN1CCN(C2=C(c3ccc(OC(C)C)cc3)C(=O)N(Cc3cccnc3)C2=O)CC1. The highest BCUT2D eigenvalue weighted by Gasteiger charge is 2.42. The summed E-state index contributed by atoms with van der Waals surface area (Å²) in [6, 6.07) is 11.1. The molecule has 2 aliphatic rings. The zero-order chi connectivity index (χ0) is 22.7. The molecule has 0 spiro atoms. The fourth-order valence-corrected chi connectivity index (χ4v) is 4.19. The molecule has 0 unspecified atom stereocenters. The van der Waals surface area contributed by atoms with Crippen LogP contribution >= 0.6 is 0 Å². The summed E-state index contributed by atoms with van der Waals surface area (Å²) in [6.45, 7) is 10.5. The largest absolute Gasteiger partial charge is 0.491 e. The Kier molecular flexibility index (Phi) is 6.55. The summed E-state index contributed by atoms with van der Waals surface area (Å²) in [5, 5.41) is 0. The highest BCUT2D eigenvalue weighted by atomic mass is 16.5. The lowest BCUT2D eigenvalue weighted by Crippen LogP contribution is -2.47. The number of carbonyl (C=O) groups excluding carboxylic acids is 2. The number of amides is 2. The van der Waals surface area contributed by atoms with Gasteiger partial charge in [0.2, 0.25) is 0 Å². The maximum absolute atomic E-state index is 13.5. The number of piperazine rings is 1. The highest BCUT2D eigenvalue weighted by Crippen LogP contribution is 2.34. The lowest BCUT2D eigenvalue weighted by molar-refractivity contribution is -0.138. The molecule has 0 saturated carbocycles. The second-order valence-corrected chi connectivity index (χ2v) is 8.39. The summed E-state index contributed by atoms with van der Waals surface area (Å²) in [5.41, 5.74) is 2.54. The van der Waals surface area contributed by atoms with E-state index in [1.54, 1.807) is 12.4 Å². The maximum Gasteiger partial charge on any atom is 0.278 e. The van der Waals surface area contributed by atoms with Gasteiger partial charge < -0.3 is 14.5 Å². The number of imide groups is 1. The average Bonchev–Trinajstić information content (AvgIpc) is 3.05. The van der Waals surface area contributed by atoms with Crippen LogP contribution in [0.5, 0.6) is 5.75 Å². The molecule has 0 aliphatic carbocycles. The molecule has 2 amide bonds. The summed E-state index contributed by atoms with van der Waals surface area (Å²) in [4.78, 5) is 36.9. The van der Waals surface area contributed by atoms with Gasteiger partial charge in [-0.3, -0.25) is 19.5 Å². The minimum atomic E-state index is -0.260. The standard InChI is InChI=1S/C25H30N4O3/c1-4-27-12-14-28(15-13-27)23-22(20-7-9-21(10-8-20)32-18(2)3)24(30)29(25(23)31)17-19-6-5-11-26-16-19/h5-11,16,18H,4,12-15,17H2,1-3H3. The molecule has 0 radical (unpaired) electrons. The van der Waals surface area contributed by atoms with Crippen molar-refractivity contribution in [1.29, 1.82) is 0 Å². The van der Waals surface area contributed by atoms with Gasteiger partial charge in [-0.15, -0.1) is 0 Å². The van der Waals surface area contributed by atoms with Crippen LogP contribution in [0.4, 0.5) is 0 Å². The third-order valence-electron chi connectivity index (χ3n) is 5.86. The Balaban J connectivity index is 1.68. The van der Waals surface area contributed by atoms with Crippen molar-refractivity contribution >= 4 is 17.4 Å². The maximum atomic E-state index is 13.5. The number of ether oxygens (including phenoxy) is 1. The van der Waals surface area contributed by atoms with Crippen LogP contribution in [0.2, 0.25) is 0 Å². The zero-order valence-corrected chi connectivity index (χ0v) is 19.0. The monoisotopic (exact) mass is 434 g/mol. The number of nitrogens with zero attached hydrogens (tertiary/aromatic N) is 4. The molecule has 0 bridgehead atoms. The first kappa shape index (κ1) is 22.0. The molecular formula is C25H30N4O3. The van der Waals surface area contributed by atoms with Gasteiger partial charge in [-0.1, -0.05) is 25.1 Å². The topological polar surface area (TPSA) is 66.0 Å². The Morgan fingerprint density at radius 1 is 1.00 bits per heavy atom. The van der Waals surface area contributed by atoms with Crippen LogP contribution in [-0.2, 0) is 16.1 Å². The van der Waals surface area contributed by atoms with Crippen LogP contribution in [0.3, 0.4) is 0 Å². The number of benzene rings is 1.